The van der Waals surface area contributed by atoms with Gasteiger partial charge in [-0.2, -0.15) is 13.2 Å². The lowest BCUT2D eigenvalue weighted by Crippen LogP contribution is -2.19. The fraction of sp³-hybridized carbons (Fsp3) is 0.429. The number of benzene rings is 1. The fourth-order valence-electron chi connectivity index (χ4n) is 4.25. The Labute approximate surface area is 166 Å². The third-order valence-corrected chi connectivity index (χ3v) is 6.15. The molecular formula is C21H21ClF3N3. The Morgan fingerprint density at radius 2 is 1.86 bits per heavy atom. The molecule has 1 saturated carbocycles. The average Bonchev–Trinajstić information content (AvgIpc) is 3.10. The van der Waals surface area contributed by atoms with Gasteiger partial charge in [0, 0.05) is 17.1 Å². The third-order valence-electron chi connectivity index (χ3n) is 5.92. The molecule has 0 spiro atoms. The number of aromatic nitrogens is 3. The van der Waals surface area contributed by atoms with Gasteiger partial charge in [0.05, 0.1) is 11.0 Å². The van der Waals surface area contributed by atoms with Crippen LogP contribution in [0.5, 0.6) is 0 Å². The molecule has 0 bridgehead atoms. The van der Waals surface area contributed by atoms with Gasteiger partial charge in [0.2, 0.25) is 0 Å². The van der Waals surface area contributed by atoms with E-state index in [2.05, 4.69) is 16.9 Å². The van der Waals surface area contributed by atoms with Crippen molar-refractivity contribution < 1.29 is 13.2 Å². The maximum atomic E-state index is 12.9. The van der Waals surface area contributed by atoms with E-state index in [0.29, 0.717) is 10.9 Å². The number of pyridine rings is 1. The Bertz CT molecular complexity index is 974. The zero-order valence-electron chi connectivity index (χ0n) is 15.4. The van der Waals surface area contributed by atoms with Crippen LogP contribution in [0.25, 0.3) is 11.0 Å². The summed E-state index contributed by atoms with van der Waals surface area (Å²) in [7, 11) is 0. The summed E-state index contributed by atoms with van der Waals surface area (Å²) in [6, 6.07) is 8.53. The van der Waals surface area contributed by atoms with E-state index >= 15 is 0 Å². The minimum absolute atomic E-state index is 0.155. The van der Waals surface area contributed by atoms with Crippen molar-refractivity contribution in [2.75, 3.05) is 0 Å². The number of halogens is 4. The molecule has 4 rings (SSSR count). The van der Waals surface area contributed by atoms with Gasteiger partial charge in [0.1, 0.15) is 11.5 Å². The number of nitrogens with zero attached hydrogens (tertiary/aromatic N) is 2. The second-order valence-electron chi connectivity index (χ2n) is 7.66. The second kappa shape index (κ2) is 7.39. The number of alkyl halides is 3. The molecule has 7 heteroatoms. The fourth-order valence-corrected chi connectivity index (χ4v) is 4.42. The molecule has 3 nitrogen and oxygen atoms in total. The van der Waals surface area contributed by atoms with Crippen LogP contribution in [-0.2, 0) is 6.18 Å². The minimum atomic E-state index is -4.40. The number of imidazole rings is 1. The first kappa shape index (κ1) is 19.2. The molecule has 1 fully saturated rings. The quantitative estimate of drug-likeness (QED) is 0.524. The molecule has 2 heterocycles. The van der Waals surface area contributed by atoms with Gasteiger partial charge < -0.3 is 4.98 Å². The van der Waals surface area contributed by atoms with Crippen LogP contribution in [0, 0.1) is 5.92 Å². The van der Waals surface area contributed by atoms with Crippen molar-refractivity contribution in [3.05, 3.63) is 58.6 Å². The van der Waals surface area contributed by atoms with Gasteiger partial charge in [-0.05, 0) is 73.4 Å². The number of fused-ring (bicyclic) bond motifs is 1. The summed E-state index contributed by atoms with van der Waals surface area (Å²) >= 11 is 6.05. The first-order valence-corrected chi connectivity index (χ1v) is 9.87. The molecule has 1 aromatic carbocycles. The van der Waals surface area contributed by atoms with Gasteiger partial charge in [0.25, 0.3) is 0 Å². The molecule has 0 aliphatic heterocycles. The van der Waals surface area contributed by atoms with Crippen LogP contribution >= 0.6 is 11.6 Å². The Morgan fingerprint density at radius 1 is 1.11 bits per heavy atom. The van der Waals surface area contributed by atoms with Crippen molar-refractivity contribution in [2.45, 2.75) is 50.6 Å². The topological polar surface area (TPSA) is 41.6 Å². The first-order chi connectivity index (χ1) is 13.3. The average molecular weight is 408 g/mol. The van der Waals surface area contributed by atoms with Crippen LogP contribution in [0.1, 0.15) is 61.5 Å². The van der Waals surface area contributed by atoms with Crippen molar-refractivity contribution in [1.82, 2.24) is 15.0 Å². The summed E-state index contributed by atoms with van der Waals surface area (Å²) in [5, 5.41) is 0.673. The van der Waals surface area contributed by atoms with E-state index in [1.807, 2.05) is 18.2 Å². The predicted octanol–water partition coefficient (Wildman–Crippen LogP) is 6.71. The molecule has 1 aliphatic rings. The second-order valence-corrected chi connectivity index (χ2v) is 8.09. The van der Waals surface area contributed by atoms with Crippen LogP contribution < -0.4 is 0 Å². The van der Waals surface area contributed by atoms with Gasteiger partial charge in [-0.3, -0.25) is 4.98 Å². The summed E-state index contributed by atoms with van der Waals surface area (Å²) in [6.07, 6.45) is 0.559. The molecule has 0 radical (unpaired) electrons. The highest BCUT2D eigenvalue weighted by Crippen LogP contribution is 2.42. The van der Waals surface area contributed by atoms with Crippen LogP contribution in [-0.4, -0.2) is 15.0 Å². The molecule has 2 aromatic heterocycles. The molecule has 1 atom stereocenters. The van der Waals surface area contributed by atoms with E-state index in [0.717, 1.165) is 48.1 Å². The van der Waals surface area contributed by atoms with Gasteiger partial charge >= 0.3 is 6.18 Å². The van der Waals surface area contributed by atoms with E-state index < -0.39 is 11.9 Å². The summed E-state index contributed by atoms with van der Waals surface area (Å²) in [5.74, 6) is 1.82. The summed E-state index contributed by atoms with van der Waals surface area (Å²) in [4.78, 5) is 11.5. The maximum Gasteiger partial charge on any atom is 0.433 e. The summed E-state index contributed by atoms with van der Waals surface area (Å²) < 4.78 is 38.8. The predicted molar refractivity (Wildman–Crippen MR) is 103 cm³/mol. The Morgan fingerprint density at radius 3 is 2.57 bits per heavy atom. The van der Waals surface area contributed by atoms with E-state index in [1.54, 1.807) is 6.07 Å². The Kier molecular flexibility index (Phi) is 5.08. The number of aromatic amines is 1. The normalized spacial score (nSPS) is 21.8. The number of H-pyrrole nitrogens is 1. The molecule has 1 N–H and O–H groups in total. The third kappa shape index (κ3) is 3.88. The van der Waals surface area contributed by atoms with Gasteiger partial charge in [-0.15, -0.1) is 0 Å². The van der Waals surface area contributed by atoms with Crippen LogP contribution in [0.15, 0.2) is 36.5 Å². The molecule has 1 aliphatic carbocycles. The summed E-state index contributed by atoms with van der Waals surface area (Å²) in [6.45, 7) is 2.17. The van der Waals surface area contributed by atoms with E-state index in [4.69, 9.17) is 16.6 Å². The maximum absolute atomic E-state index is 12.9. The van der Waals surface area contributed by atoms with Gasteiger partial charge in [-0.25, -0.2) is 4.98 Å². The molecule has 28 heavy (non-hydrogen) atoms. The van der Waals surface area contributed by atoms with Crippen molar-refractivity contribution >= 4 is 22.6 Å². The largest absolute Gasteiger partial charge is 0.433 e. The lowest BCUT2D eigenvalue weighted by atomic mass is 9.74. The van der Waals surface area contributed by atoms with Gasteiger partial charge in [-0.1, -0.05) is 18.5 Å². The lowest BCUT2D eigenvalue weighted by Gasteiger charge is -2.32. The zero-order valence-corrected chi connectivity index (χ0v) is 16.2. The van der Waals surface area contributed by atoms with E-state index in [9.17, 15) is 13.2 Å². The zero-order chi connectivity index (χ0) is 19.9. The number of hydrogen-bond acceptors (Lipinski definition) is 2. The Balaban J connectivity index is 1.44. The van der Waals surface area contributed by atoms with Crippen molar-refractivity contribution in [2.24, 2.45) is 5.92 Å². The molecule has 0 unspecified atom stereocenters. The number of rotatable bonds is 3. The molecule has 148 valence electrons. The summed E-state index contributed by atoms with van der Waals surface area (Å²) in [5.41, 5.74) is 1.77. The molecule has 0 saturated heterocycles. The first-order valence-electron chi connectivity index (χ1n) is 9.49. The van der Waals surface area contributed by atoms with Crippen LogP contribution in [0.2, 0.25) is 5.02 Å². The van der Waals surface area contributed by atoms with E-state index in [1.165, 1.54) is 12.3 Å². The van der Waals surface area contributed by atoms with E-state index in [-0.39, 0.29) is 11.8 Å². The van der Waals surface area contributed by atoms with Crippen molar-refractivity contribution in [3.63, 3.8) is 0 Å². The minimum Gasteiger partial charge on any atom is -0.342 e. The number of hydrogen-bond donors (Lipinski definition) is 1. The SMILES string of the molecule is C[C@H](c1nc2ccc(Cl)cc2[nH]1)[C@H]1CC[C@@H](c2ccnc(C(F)(F)F)c2)CC1. The molecule has 3 aromatic rings. The lowest BCUT2D eigenvalue weighted by molar-refractivity contribution is -0.141. The smallest absolute Gasteiger partial charge is 0.342 e. The molecule has 0 amide bonds. The highest BCUT2D eigenvalue weighted by molar-refractivity contribution is 6.31. The monoisotopic (exact) mass is 407 g/mol. The van der Waals surface area contributed by atoms with Crippen molar-refractivity contribution in [3.8, 4) is 0 Å². The van der Waals surface area contributed by atoms with Crippen LogP contribution in [0.3, 0.4) is 0 Å². The standard InChI is InChI=1S/C21H21ClF3N3/c1-12(20-27-17-7-6-16(22)11-18(17)28-20)13-2-4-14(5-3-13)15-8-9-26-19(10-15)21(23,24)25/h6-14H,2-5H2,1H3,(H,27,28)/t12-,13-,14+/m0/s1. The Hall–Kier alpha value is -2.08. The number of nitrogens with one attached hydrogen (secondary N) is 1. The molecular weight excluding hydrogens is 387 g/mol. The van der Waals surface area contributed by atoms with Crippen LogP contribution in [0.4, 0.5) is 13.2 Å². The highest BCUT2D eigenvalue weighted by Gasteiger charge is 2.34. The van der Waals surface area contributed by atoms with Crippen molar-refractivity contribution in [1.29, 1.82) is 0 Å². The highest BCUT2D eigenvalue weighted by atomic mass is 35.5. The van der Waals surface area contributed by atoms with Gasteiger partial charge in [0.15, 0.2) is 0 Å².